The first-order valence-electron chi connectivity index (χ1n) is 10.4. The summed E-state index contributed by atoms with van der Waals surface area (Å²) in [5.74, 6) is -1.62. The van der Waals surface area contributed by atoms with Gasteiger partial charge in [0.25, 0.3) is 5.91 Å². The monoisotopic (exact) mass is 409 g/mol. The van der Waals surface area contributed by atoms with Gasteiger partial charge in [-0.15, -0.1) is 0 Å². The number of benzene rings is 2. The van der Waals surface area contributed by atoms with E-state index in [0.717, 1.165) is 32.1 Å². The summed E-state index contributed by atoms with van der Waals surface area (Å²) in [7, 11) is 0. The number of nitrogens with one attached hydrogen (secondary N) is 1. The lowest BCUT2D eigenvalue weighted by Gasteiger charge is -2.18. The van der Waals surface area contributed by atoms with Gasteiger partial charge in [-0.05, 0) is 61.4 Å². The molecule has 4 rings (SSSR count). The molecule has 0 heterocycles. The normalized spacial score (nSPS) is 15.9. The Bertz CT molecular complexity index is 966. The van der Waals surface area contributed by atoms with Crippen LogP contribution in [0.4, 0.5) is 4.39 Å². The molecule has 1 atom stereocenters. The Balaban J connectivity index is 1.37. The molecular weight excluding hydrogens is 385 g/mol. The highest BCUT2D eigenvalue weighted by atomic mass is 19.1. The number of amides is 1. The lowest BCUT2D eigenvalue weighted by molar-refractivity contribution is -0.156. The summed E-state index contributed by atoms with van der Waals surface area (Å²) in [6.07, 6.45) is 3.65. The van der Waals surface area contributed by atoms with Crippen molar-refractivity contribution in [2.45, 2.75) is 57.1 Å². The molecule has 1 N–H and O–H groups in total. The molecule has 1 fully saturated rings. The second-order valence-corrected chi connectivity index (χ2v) is 7.96. The molecule has 0 radical (unpaired) electrons. The van der Waals surface area contributed by atoms with E-state index in [1.807, 2.05) is 18.2 Å². The van der Waals surface area contributed by atoms with Gasteiger partial charge < -0.3 is 10.1 Å². The van der Waals surface area contributed by atoms with Gasteiger partial charge in [0.2, 0.25) is 6.10 Å². The number of Topliss-reactive ketones (excluding diaryl/α,β-unsaturated/α-hetero) is 1. The smallest absolute Gasteiger partial charge is 0.307 e. The second-order valence-electron chi connectivity index (χ2n) is 7.96. The van der Waals surface area contributed by atoms with Crippen LogP contribution in [0.2, 0.25) is 0 Å². The number of ether oxygens (including phenoxy) is 1. The van der Waals surface area contributed by atoms with Crippen molar-refractivity contribution < 1.29 is 23.5 Å². The first-order chi connectivity index (χ1) is 14.5. The molecule has 2 aromatic rings. The van der Waals surface area contributed by atoms with Gasteiger partial charge in [-0.25, -0.2) is 4.39 Å². The minimum atomic E-state index is -1.16. The maximum absolute atomic E-state index is 13.2. The molecule has 5 nitrogen and oxygen atoms in total. The molecule has 0 aliphatic heterocycles. The van der Waals surface area contributed by atoms with Crippen LogP contribution < -0.4 is 5.32 Å². The Morgan fingerprint density at radius 1 is 1.00 bits per heavy atom. The van der Waals surface area contributed by atoms with Crippen molar-refractivity contribution in [3.05, 3.63) is 70.5 Å². The van der Waals surface area contributed by atoms with Gasteiger partial charge in [-0.3, -0.25) is 14.4 Å². The number of esters is 1. The summed E-state index contributed by atoms with van der Waals surface area (Å²) in [4.78, 5) is 37.4. The minimum Gasteiger partial charge on any atom is -0.447 e. The van der Waals surface area contributed by atoms with E-state index in [0.29, 0.717) is 11.1 Å². The van der Waals surface area contributed by atoms with E-state index in [1.54, 1.807) is 0 Å². The first-order valence-corrected chi connectivity index (χ1v) is 10.4. The maximum atomic E-state index is 13.2. The predicted molar refractivity (Wildman–Crippen MR) is 108 cm³/mol. The van der Waals surface area contributed by atoms with E-state index in [1.165, 1.54) is 35.4 Å². The Kier molecular flexibility index (Phi) is 5.93. The van der Waals surface area contributed by atoms with Crippen LogP contribution in [-0.2, 0) is 27.2 Å². The van der Waals surface area contributed by atoms with Crippen molar-refractivity contribution in [2.75, 3.05) is 0 Å². The number of hydrogen-bond donors (Lipinski definition) is 1. The van der Waals surface area contributed by atoms with Crippen LogP contribution >= 0.6 is 0 Å². The lowest BCUT2D eigenvalue weighted by atomic mass is 10.0. The van der Waals surface area contributed by atoms with Gasteiger partial charge in [0.15, 0.2) is 5.78 Å². The average molecular weight is 409 g/mol. The SMILES string of the molecule is O=C(CCC(=O)c1ccc2c(c1)CCC2)OC(C(=O)NC1CC1)c1ccc(F)cc1. The number of rotatable bonds is 8. The molecule has 156 valence electrons. The number of carbonyl (C=O) groups excluding carboxylic acids is 3. The van der Waals surface area contributed by atoms with Crippen LogP contribution in [0.3, 0.4) is 0 Å². The summed E-state index contributed by atoms with van der Waals surface area (Å²) in [5.41, 5.74) is 3.49. The van der Waals surface area contributed by atoms with Crippen LogP contribution in [0.25, 0.3) is 0 Å². The molecule has 1 unspecified atom stereocenters. The van der Waals surface area contributed by atoms with E-state index >= 15 is 0 Å². The average Bonchev–Trinajstić information content (AvgIpc) is 3.43. The molecular formula is C24H24FNO4. The van der Waals surface area contributed by atoms with Crippen LogP contribution in [0.5, 0.6) is 0 Å². The van der Waals surface area contributed by atoms with Gasteiger partial charge >= 0.3 is 5.97 Å². The number of hydrogen-bond acceptors (Lipinski definition) is 4. The topological polar surface area (TPSA) is 72.5 Å². The predicted octanol–water partition coefficient (Wildman–Crippen LogP) is 3.84. The van der Waals surface area contributed by atoms with Gasteiger partial charge in [0, 0.05) is 23.6 Å². The Hall–Kier alpha value is -3.02. The molecule has 0 saturated heterocycles. The Morgan fingerprint density at radius 3 is 2.47 bits per heavy atom. The highest BCUT2D eigenvalue weighted by Gasteiger charge is 2.31. The van der Waals surface area contributed by atoms with Crippen molar-refractivity contribution >= 4 is 17.7 Å². The summed E-state index contributed by atoms with van der Waals surface area (Å²) >= 11 is 0. The van der Waals surface area contributed by atoms with E-state index in [9.17, 15) is 18.8 Å². The van der Waals surface area contributed by atoms with Crippen molar-refractivity contribution in [1.82, 2.24) is 5.32 Å². The van der Waals surface area contributed by atoms with Crippen molar-refractivity contribution in [3.8, 4) is 0 Å². The van der Waals surface area contributed by atoms with Gasteiger partial charge in [0.1, 0.15) is 5.82 Å². The highest BCUT2D eigenvalue weighted by molar-refractivity contribution is 5.98. The quantitative estimate of drug-likeness (QED) is 0.531. The standard InChI is InChI=1S/C24H24FNO4/c25-19-8-6-16(7-9-19)23(24(29)26-20-10-11-20)30-22(28)13-12-21(27)18-5-4-15-2-1-3-17(15)14-18/h4-9,14,20,23H,1-3,10-13H2,(H,26,29). The minimum absolute atomic E-state index is 0.0119. The molecule has 0 spiro atoms. The fraction of sp³-hybridized carbons (Fsp3) is 0.375. The fourth-order valence-corrected chi connectivity index (χ4v) is 3.71. The molecule has 30 heavy (non-hydrogen) atoms. The summed E-state index contributed by atoms with van der Waals surface area (Å²) < 4.78 is 18.6. The number of ketones is 1. The molecule has 0 bridgehead atoms. The van der Waals surface area contributed by atoms with Crippen molar-refractivity contribution in [3.63, 3.8) is 0 Å². The number of halogens is 1. The zero-order valence-corrected chi connectivity index (χ0v) is 16.7. The number of carbonyl (C=O) groups is 3. The molecule has 2 aromatic carbocycles. The molecule has 6 heteroatoms. The van der Waals surface area contributed by atoms with E-state index < -0.39 is 23.8 Å². The first kappa shape index (κ1) is 20.3. The second kappa shape index (κ2) is 8.78. The van der Waals surface area contributed by atoms with E-state index in [-0.39, 0.29) is 24.7 Å². The van der Waals surface area contributed by atoms with Crippen LogP contribution in [0.15, 0.2) is 42.5 Å². The largest absolute Gasteiger partial charge is 0.447 e. The van der Waals surface area contributed by atoms with Crippen molar-refractivity contribution in [2.24, 2.45) is 0 Å². The summed E-state index contributed by atoms with van der Waals surface area (Å²) in [5, 5.41) is 2.81. The van der Waals surface area contributed by atoms with Crippen LogP contribution in [-0.4, -0.2) is 23.7 Å². The fourth-order valence-electron chi connectivity index (χ4n) is 3.71. The maximum Gasteiger partial charge on any atom is 0.307 e. The lowest BCUT2D eigenvalue weighted by Crippen LogP contribution is -2.33. The molecule has 1 saturated carbocycles. The van der Waals surface area contributed by atoms with Crippen LogP contribution in [0.1, 0.15) is 65.3 Å². The molecule has 1 amide bonds. The van der Waals surface area contributed by atoms with Gasteiger partial charge in [0.05, 0.1) is 6.42 Å². The third-order valence-electron chi connectivity index (χ3n) is 5.56. The summed E-state index contributed by atoms with van der Waals surface area (Å²) in [6.45, 7) is 0. The Morgan fingerprint density at radius 2 is 1.73 bits per heavy atom. The van der Waals surface area contributed by atoms with E-state index in [2.05, 4.69) is 5.32 Å². The number of aryl methyl sites for hydroxylation is 2. The van der Waals surface area contributed by atoms with Gasteiger partial charge in [-0.2, -0.15) is 0 Å². The third-order valence-corrected chi connectivity index (χ3v) is 5.56. The molecule has 2 aliphatic rings. The van der Waals surface area contributed by atoms with Crippen LogP contribution in [0, 0.1) is 5.82 Å². The molecule has 0 aromatic heterocycles. The highest BCUT2D eigenvalue weighted by Crippen LogP contribution is 2.25. The summed E-state index contributed by atoms with van der Waals surface area (Å²) in [6, 6.07) is 11.1. The number of fused-ring (bicyclic) bond motifs is 1. The van der Waals surface area contributed by atoms with E-state index in [4.69, 9.17) is 4.74 Å². The molecule has 2 aliphatic carbocycles. The third kappa shape index (κ3) is 4.93. The zero-order valence-electron chi connectivity index (χ0n) is 16.7. The zero-order chi connectivity index (χ0) is 21.1. The van der Waals surface area contributed by atoms with Crippen molar-refractivity contribution in [1.29, 1.82) is 0 Å². The van der Waals surface area contributed by atoms with Gasteiger partial charge in [-0.1, -0.05) is 24.3 Å². The Labute approximate surface area is 174 Å².